The van der Waals surface area contributed by atoms with Crippen molar-refractivity contribution in [2.75, 3.05) is 6.54 Å². The van der Waals surface area contributed by atoms with Gasteiger partial charge in [-0.15, -0.1) is 0 Å². The molecule has 0 unspecified atom stereocenters. The molecule has 1 heterocycles. The number of rotatable bonds is 2. The molecule has 2 atom stereocenters. The van der Waals surface area contributed by atoms with Crippen molar-refractivity contribution in [3.05, 3.63) is 32.4 Å². The largest absolute Gasteiger partial charge is 0.480 e. The first-order chi connectivity index (χ1) is 8.90. The molecule has 7 heteroatoms. The van der Waals surface area contributed by atoms with Crippen LogP contribution in [-0.4, -0.2) is 45.7 Å². The maximum atomic E-state index is 12.4. The molecule has 0 bridgehead atoms. The average Bonchev–Trinajstić information content (AvgIpc) is 2.74. The molecule has 0 spiro atoms. The zero-order valence-corrected chi connectivity index (χ0v) is 12.6. The summed E-state index contributed by atoms with van der Waals surface area (Å²) in [5.74, 6) is -1.53. The highest BCUT2D eigenvalue weighted by Crippen LogP contribution is 2.25. The fourth-order valence-corrected chi connectivity index (χ4v) is 2.83. The summed E-state index contributed by atoms with van der Waals surface area (Å²) in [5.41, 5.74) is 0.355. The van der Waals surface area contributed by atoms with E-state index in [1.54, 1.807) is 12.1 Å². The van der Waals surface area contributed by atoms with E-state index in [4.69, 9.17) is 16.7 Å². The van der Waals surface area contributed by atoms with Crippen LogP contribution in [0.1, 0.15) is 16.8 Å². The number of hydrogen-bond acceptors (Lipinski definition) is 3. The Morgan fingerprint density at radius 2 is 2.11 bits per heavy atom. The van der Waals surface area contributed by atoms with Gasteiger partial charge in [0.05, 0.1) is 11.7 Å². The zero-order chi connectivity index (χ0) is 14.2. The molecule has 0 radical (unpaired) electrons. The molecule has 0 aliphatic carbocycles. The Kier molecular flexibility index (Phi) is 4.32. The smallest absolute Gasteiger partial charge is 0.326 e. The molecule has 2 rings (SSSR count). The van der Waals surface area contributed by atoms with Crippen LogP contribution in [0.3, 0.4) is 0 Å². The first-order valence-electron chi connectivity index (χ1n) is 5.57. The van der Waals surface area contributed by atoms with Gasteiger partial charge in [0.15, 0.2) is 0 Å². The minimum absolute atomic E-state index is 0.0262. The first-order valence-corrected chi connectivity index (χ1v) is 7.02. The van der Waals surface area contributed by atoms with Crippen LogP contribution >= 0.6 is 34.2 Å². The highest BCUT2D eigenvalue weighted by atomic mass is 127. The standard InChI is InChI=1S/C12H11ClINO4/c13-6-1-2-9(14)8(3-6)11(17)15-5-7(16)4-10(15)12(18)19/h1-3,7,10,16H,4-5H2,(H,18,19)/t7-,10+/m1/s1. The van der Waals surface area contributed by atoms with Gasteiger partial charge in [0.25, 0.3) is 5.91 Å². The predicted molar refractivity (Wildman–Crippen MR) is 77.3 cm³/mol. The lowest BCUT2D eigenvalue weighted by Crippen LogP contribution is -2.40. The average molecular weight is 396 g/mol. The summed E-state index contributed by atoms with van der Waals surface area (Å²) in [5, 5.41) is 19.1. The number of carbonyl (C=O) groups is 2. The van der Waals surface area contributed by atoms with Crippen molar-refractivity contribution >= 4 is 46.1 Å². The van der Waals surface area contributed by atoms with Gasteiger partial charge in [0.2, 0.25) is 0 Å². The number of aliphatic hydroxyl groups is 1. The van der Waals surface area contributed by atoms with Gasteiger partial charge in [-0.25, -0.2) is 4.79 Å². The molecule has 2 N–H and O–H groups in total. The molecule has 0 aromatic heterocycles. The number of benzene rings is 1. The highest BCUT2D eigenvalue weighted by Gasteiger charge is 2.39. The summed E-state index contributed by atoms with van der Waals surface area (Å²) in [6.45, 7) is 0.0262. The third-order valence-electron chi connectivity index (χ3n) is 2.98. The molecule has 1 fully saturated rings. The van der Waals surface area contributed by atoms with Crippen LogP contribution in [0.4, 0.5) is 0 Å². The van der Waals surface area contributed by atoms with Crippen LogP contribution in [0.25, 0.3) is 0 Å². The molecule has 1 aliphatic heterocycles. The van der Waals surface area contributed by atoms with Crippen LogP contribution in [0.5, 0.6) is 0 Å². The topological polar surface area (TPSA) is 77.8 Å². The molecule has 102 valence electrons. The van der Waals surface area contributed by atoms with Crippen LogP contribution in [0.2, 0.25) is 5.02 Å². The minimum atomic E-state index is -1.11. The number of nitrogens with zero attached hydrogens (tertiary/aromatic N) is 1. The zero-order valence-electron chi connectivity index (χ0n) is 9.72. The van der Waals surface area contributed by atoms with Gasteiger partial charge >= 0.3 is 5.97 Å². The lowest BCUT2D eigenvalue weighted by atomic mass is 10.1. The number of amides is 1. The van der Waals surface area contributed by atoms with Crippen molar-refractivity contribution in [1.29, 1.82) is 0 Å². The highest BCUT2D eigenvalue weighted by molar-refractivity contribution is 14.1. The Hall–Kier alpha value is -0.860. The van der Waals surface area contributed by atoms with Crippen molar-refractivity contribution in [2.45, 2.75) is 18.6 Å². The predicted octanol–water partition coefficient (Wildman–Crippen LogP) is 1.60. The number of carbonyl (C=O) groups excluding carboxylic acids is 1. The van der Waals surface area contributed by atoms with E-state index in [1.165, 1.54) is 11.0 Å². The second-order valence-corrected chi connectivity index (χ2v) is 5.92. The number of hydrogen-bond donors (Lipinski definition) is 2. The van der Waals surface area contributed by atoms with Gasteiger partial charge < -0.3 is 15.1 Å². The van der Waals surface area contributed by atoms with E-state index in [0.717, 1.165) is 0 Å². The summed E-state index contributed by atoms with van der Waals surface area (Å²) < 4.78 is 0.692. The molecule has 1 aliphatic rings. The number of β-amino-alcohol motifs (C(OH)–C–C–N with tert-alkyl or cyclic N) is 1. The van der Waals surface area contributed by atoms with Gasteiger partial charge in [0.1, 0.15) is 6.04 Å². The van der Waals surface area contributed by atoms with E-state index in [9.17, 15) is 14.7 Å². The molecule has 5 nitrogen and oxygen atoms in total. The number of aliphatic carboxylic acids is 1. The van der Waals surface area contributed by atoms with Crippen molar-refractivity contribution in [1.82, 2.24) is 4.90 Å². The van der Waals surface area contributed by atoms with Crippen molar-refractivity contribution in [2.24, 2.45) is 0 Å². The first kappa shape index (κ1) is 14.5. The Balaban J connectivity index is 2.33. The van der Waals surface area contributed by atoms with Crippen LogP contribution in [0.15, 0.2) is 18.2 Å². The van der Waals surface area contributed by atoms with E-state index in [2.05, 4.69) is 0 Å². The van der Waals surface area contributed by atoms with Gasteiger partial charge in [0, 0.05) is 21.6 Å². The van der Waals surface area contributed by atoms with Gasteiger partial charge in [-0.2, -0.15) is 0 Å². The van der Waals surface area contributed by atoms with Gasteiger partial charge in [-0.05, 0) is 40.8 Å². The van der Waals surface area contributed by atoms with Crippen molar-refractivity contribution < 1.29 is 19.8 Å². The molecule has 19 heavy (non-hydrogen) atoms. The van der Waals surface area contributed by atoms with E-state index >= 15 is 0 Å². The Morgan fingerprint density at radius 3 is 2.74 bits per heavy atom. The lowest BCUT2D eigenvalue weighted by Gasteiger charge is -2.21. The normalized spacial score (nSPS) is 22.6. The second-order valence-electron chi connectivity index (χ2n) is 4.33. The summed E-state index contributed by atoms with van der Waals surface area (Å²) in [4.78, 5) is 24.7. The molecule has 1 amide bonds. The van der Waals surface area contributed by atoms with E-state index in [1.807, 2.05) is 22.6 Å². The number of carboxylic acids is 1. The summed E-state index contributed by atoms with van der Waals surface area (Å²) in [6, 6.07) is 3.87. The molecule has 1 aromatic rings. The number of likely N-dealkylation sites (tertiary alicyclic amines) is 1. The minimum Gasteiger partial charge on any atom is -0.480 e. The fourth-order valence-electron chi connectivity index (χ4n) is 2.09. The van der Waals surface area contributed by atoms with Crippen LogP contribution < -0.4 is 0 Å². The summed E-state index contributed by atoms with van der Waals surface area (Å²) >= 11 is 7.85. The Labute approximate surface area is 128 Å². The summed E-state index contributed by atoms with van der Waals surface area (Å²) in [6.07, 6.45) is -0.750. The molecule has 0 saturated carbocycles. The number of aliphatic hydroxyl groups excluding tert-OH is 1. The molecule has 1 saturated heterocycles. The SMILES string of the molecule is O=C(O)[C@@H]1C[C@@H](O)CN1C(=O)c1cc(Cl)ccc1I. The lowest BCUT2D eigenvalue weighted by molar-refractivity contribution is -0.141. The Bertz CT molecular complexity index is 536. The van der Waals surface area contributed by atoms with E-state index in [-0.39, 0.29) is 13.0 Å². The van der Waals surface area contributed by atoms with Crippen LogP contribution in [-0.2, 0) is 4.79 Å². The Morgan fingerprint density at radius 1 is 1.42 bits per heavy atom. The second kappa shape index (κ2) is 5.64. The maximum Gasteiger partial charge on any atom is 0.326 e. The number of halogens is 2. The van der Waals surface area contributed by atoms with Crippen molar-refractivity contribution in [3.8, 4) is 0 Å². The molecule has 1 aromatic carbocycles. The maximum absolute atomic E-state index is 12.4. The molecular formula is C12H11ClINO4. The quantitative estimate of drug-likeness (QED) is 0.746. The van der Waals surface area contributed by atoms with Gasteiger partial charge in [-0.1, -0.05) is 11.6 Å². The van der Waals surface area contributed by atoms with Gasteiger partial charge in [-0.3, -0.25) is 4.79 Å². The monoisotopic (exact) mass is 395 g/mol. The van der Waals surface area contributed by atoms with Crippen molar-refractivity contribution in [3.63, 3.8) is 0 Å². The van der Waals surface area contributed by atoms with E-state index in [0.29, 0.717) is 14.2 Å². The molecular weight excluding hydrogens is 384 g/mol. The van der Waals surface area contributed by atoms with Crippen LogP contribution in [0, 0.1) is 3.57 Å². The third-order valence-corrected chi connectivity index (χ3v) is 4.16. The number of carboxylic acid groups (broad SMARTS) is 1. The summed E-state index contributed by atoms with van der Waals surface area (Å²) in [7, 11) is 0. The fraction of sp³-hybridized carbons (Fsp3) is 0.333. The van der Waals surface area contributed by atoms with E-state index < -0.39 is 24.0 Å². The third kappa shape index (κ3) is 3.01.